The maximum Gasteiger partial charge on any atom is 0.416 e. The minimum Gasteiger partial charge on any atom is -0.334 e. The zero-order valence-corrected chi connectivity index (χ0v) is 14.4. The van der Waals surface area contributed by atoms with Crippen LogP contribution in [0.2, 0.25) is 0 Å². The normalized spacial score (nSPS) is 11.1. The monoisotopic (exact) mass is 390 g/mol. The van der Waals surface area contributed by atoms with Crippen LogP contribution >= 0.6 is 0 Å². The molecule has 3 rings (SSSR count). The minimum atomic E-state index is -4.54. The van der Waals surface area contributed by atoms with Crippen molar-refractivity contribution in [2.45, 2.75) is 13.1 Å². The van der Waals surface area contributed by atoms with E-state index in [1.807, 2.05) is 6.92 Å². The molecular formula is C17H13F3N6O2. The first-order chi connectivity index (χ1) is 13.2. The Morgan fingerprint density at radius 2 is 1.75 bits per heavy atom. The van der Waals surface area contributed by atoms with E-state index in [1.165, 1.54) is 12.1 Å². The fourth-order valence-corrected chi connectivity index (χ4v) is 2.31. The van der Waals surface area contributed by atoms with Gasteiger partial charge in [-0.1, -0.05) is 12.1 Å². The molecule has 28 heavy (non-hydrogen) atoms. The van der Waals surface area contributed by atoms with Crippen LogP contribution in [-0.2, 0) is 6.18 Å². The van der Waals surface area contributed by atoms with Gasteiger partial charge >= 0.3 is 11.9 Å². The number of halogens is 3. The molecule has 3 aromatic rings. The molecule has 0 bridgehead atoms. The van der Waals surface area contributed by atoms with Crippen LogP contribution in [0.1, 0.15) is 11.1 Å². The number of benzene rings is 1. The van der Waals surface area contributed by atoms with E-state index in [4.69, 9.17) is 0 Å². The molecule has 0 radical (unpaired) electrons. The first-order valence-electron chi connectivity index (χ1n) is 7.87. The maximum absolute atomic E-state index is 12.9. The molecular weight excluding hydrogens is 377 g/mol. The van der Waals surface area contributed by atoms with Crippen molar-refractivity contribution >= 4 is 28.8 Å². The van der Waals surface area contributed by atoms with Gasteiger partial charge in [0.05, 0.1) is 10.5 Å². The lowest BCUT2D eigenvalue weighted by Gasteiger charge is -2.11. The molecule has 0 spiro atoms. The fraction of sp³-hybridized carbons (Fsp3) is 0.118. The smallest absolute Gasteiger partial charge is 0.334 e. The van der Waals surface area contributed by atoms with Crippen LogP contribution in [0.25, 0.3) is 0 Å². The average molecular weight is 390 g/mol. The van der Waals surface area contributed by atoms with E-state index in [0.717, 1.165) is 24.0 Å². The van der Waals surface area contributed by atoms with E-state index in [2.05, 4.69) is 25.6 Å². The molecule has 0 amide bonds. The van der Waals surface area contributed by atoms with Crippen molar-refractivity contribution < 1.29 is 18.1 Å². The van der Waals surface area contributed by atoms with E-state index >= 15 is 0 Å². The number of aryl methyl sites for hydroxylation is 1. The molecule has 11 heteroatoms. The summed E-state index contributed by atoms with van der Waals surface area (Å²) in [5.74, 6) is -0.0859. The van der Waals surface area contributed by atoms with Gasteiger partial charge in [0.1, 0.15) is 12.1 Å². The second-order valence-electron chi connectivity index (χ2n) is 5.73. The Kier molecular flexibility index (Phi) is 5.07. The Labute approximate surface area is 156 Å². The highest BCUT2D eigenvalue weighted by molar-refractivity contribution is 5.76. The van der Waals surface area contributed by atoms with Gasteiger partial charge in [-0.25, -0.2) is 15.0 Å². The Morgan fingerprint density at radius 1 is 1.04 bits per heavy atom. The number of nitrogens with one attached hydrogen (secondary N) is 2. The summed E-state index contributed by atoms with van der Waals surface area (Å²) in [7, 11) is 0. The van der Waals surface area contributed by atoms with E-state index in [9.17, 15) is 23.3 Å². The van der Waals surface area contributed by atoms with Gasteiger partial charge in [0.2, 0.25) is 11.6 Å². The van der Waals surface area contributed by atoms with Crippen molar-refractivity contribution in [2.24, 2.45) is 0 Å². The molecule has 8 nitrogen and oxygen atoms in total. The van der Waals surface area contributed by atoms with Crippen LogP contribution in [0.5, 0.6) is 0 Å². The minimum absolute atomic E-state index is 0.00367. The molecule has 1 aromatic carbocycles. The summed E-state index contributed by atoms with van der Waals surface area (Å²) >= 11 is 0. The lowest BCUT2D eigenvalue weighted by atomic mass is 10.2. The van der Waals surface area contributed by atoms with Gasteiger partial charge in [0.15, 0.2) is 0 Å². The number of hydrogen-bond acceptors (Lipinski definition) is 7. The molecule has 0 fully saturated rings. The summed E-state index contributed by atoms with van der Waals surface area (Å²) in [4.78, 5) is 22.6. The van der Waals surface area contributed by atoms with Crippen LogP contribution in [0.3, 0.4) is 0 Å². The summed E-state index contributed by atoms with van der Waals surface area (Å²) in [5.41, 5.74) is -0.524. The summed E-state index contributed by atoms with van der Waals surface area (Å²) in [6, 6.07) is 7.63. The topological polar surface area (TPSA) is 106 Å². The van der Waals surface area contributed by atoms with Crippen LogP contribution in [-0.4, -0.2) is 19.9 Å². The Morgan fingerprint density at radius 3 is 2.36 bits per heavy atom. The predicted molar refractivity (Wildman–Crippen MR) is 95.7 cm³/mol. The number of alkyl halides is 3. The third-order valence-corrected chi connectivity index (χ3v) is 3.62. The van der Waals surface area contributed by atoms with Gasteiger partial charge in [0.25, 0.3) is 0 Å². The molecule has 0 aliphatic rings. The molecule has 0 aliphatic heterocycles. The lowest BCUT2D eigenvalue weighted by Crippen LogP contribution is -2.07. The maximum atomic E-state index is 12.9. The third-order valence-electron chi connectivity index (χ3n) is 3.62. The zero-order chi connectivity index (χ0) is 20.3. The van der Waals surface area contributed by atoms with Crippen LogP contribution < -0.4 is 10.6 Å². The summed E-state index contributed by atoms with van der Waals surface area (Å²) in [5, 5.41) is 16.8. The molecule has 0 saturated heterocycles. The molecule has 0 atom stereocenters. The second kappa shape index (κ2) is 7.47. The number of rotatable bonds is 5. The molecule has 0 unspecified atom stereocenters. The van der Waals surface area contributed by atoms with Crippen LogP contribution in [0.15, 0.2) is 48.9 Å². The van der Waals surface area contributed by atoms with Crippen LogP contribution in [0.4, 0.5) is 42.0 Å². The molecule has 0 aliphatic carbocycles. The largest absolute Gasteiger partial charge is 0.416 e. The highest BCUT2D eigenvalue weighted by Gasteiger charge is 2.31. The van der Waals surface area contributed by atoms with Crippen molar-refractivity contribution in [1.29, 1.82) is 0 Å². The fourth-order valence-electron chi connectivity index (χ4n) is 2.31. The zero-order valence-electron chi connectivity index (χ0n) is 14.4. The summed E-state index contributed by atoms with van der Waals surface area (Å²) in [6.07, 6.45) is -1.92. The molecule has 2 heterocycles. The highest BCUT2D eigenvalue weighted by Crippen LogP contribution is 2.35. The number of nitrogens with zero attached hydrogens (tertiary/aromatic N) is 4. The van der Waals surface area contributed by atoms with Crippen molar-refractivity contribution in [3.8, 4) is 0 Å². The average Bonchev–Trinajstić information content (AvgIpc) is 2.63. The van der Waals surface area contributed by atoms with Crippen molar-refractivity contribution in [2.75, 3.05) is 10.6 Å². The molecule has 2 N–H and O–H groups in total. The first-order valence-corrected chi connectivity index (χ1v) is 7.87. The molecule has 2 aromatic heterocycles. The second-order valence-corrected chi connectivity index (χ2v) is 5.73. The first kappa shape index (κ1) is 19.0. The van der Waals surface area contributed by atoms with Gasteiger partial charge in [-0.3, -0.25) is 10.1 Å². The number of aromatic nitrogens is 3. The number of nitro groups is 1. The number of anilines is 4. The summed E-state index contributed by atoms with van der Waals surface area (Å²) in [6.45, 7) is 1.83. The van der Waals surface area contributed by atoms with E-state index < -0.39 is 22.4 Å². The van der Waals surface area contributed by atoms with Gasteiger partial charge in [-0.05, 0) is 36.8 Å². The van der Waals surface area contributed by atoms with Crippen molar-refractivity contribution in [3.05, 3.63) is 70.2 Å². The van der Waals surface area contributed by atoms with Crippen molar-refractivity contribution in [1.82, 2.24) is 15.0 Å². The summed E-state index contributed by atoms with van der Waals surface area (Å²) < 4.78 is 38.6. The van der Waals surface area contributed by atoms with Gasteiger partial charge in [-0.2, -0.15) is 13.2 Å². The third kappa shape index (κ3) is 4.31. The van der Waals surface area contributed by atoms with E-state index in [1.54, 1.807) is 18.3 Å². The van der Waals surface area contributed by atoms with Crippen molar-refractivity contribution in [3.63, 3.8) is 0 Å². The van der Waals surface area contributed by atoms with Gasteiger partial charge in [0, 0.05) is 11.9 Å². The van der Waals surface area contributed by atoms with Gasteiger partial charge < -0.3 is 10.6 Å². The Bertz CT molecular complexity index is 1010. The SMILES string of the molecule is Cc1ccc(Nc2ncnc(Nc3cccc(C(F)(F)F)c3)c2[N+](=O)[O-])nc1. The Balaban J connectivity index is 1.96. The van der Waals surface area contributed by atoms with Gasteiger partial charge in [-0.15, -0.1) is 0 Å². The van der Waals surface area contributed by atoms with E-state index in [-0.39, 0.29) is 17.3 Å². The van der Waals surface area contributed by atoms with Crippen LogP contribution in [0, 0.1) is 17.0 Å². The standard InChI is InChI=1S/C17H13F3N6O2/c1-10-5-6-13(21-8-10)25-16-14(26(27)28)15(22-9-23-16)24-12-4-2-3-11(7-12)17(18,19)20/h2-9H,1H3,(H2,21,22,23,24,25). The molecule has 144 valence electrons. The lowest BCUT2D eigenvalue weighted by molar-refractivity contribution is -0.383. The highest BCUT2D eigenvalue weighted by atomic mass is 19.4. The quantitative estimate of drug-likeness (QED) is 0.485. The Hall–Kier alpha value is -3.76. The number of hydrogen-bond donors (Lipinski definition) is 2. The van der Waals surface area contributed by atoms with E-state index in [0.29, 0.717) is 5.82 Å². The predicted octanol–water partition coefficient (Wildman–Crippen LogP) is 4.59. The molecule has 0 saturated carbocycles. The number of pyridine rings is 1.